The summed E-state index contributed by atoms with van der Waals surface area (Å²) < 4.78 is 0. The van der Waals surface area contributed by atoms with Crippen LogP contribution in [-0.2, 0) is 0 Å². The number of hydrogen-bond acceptors (Lipinski definition) is 4. The number of thioether (sulfide) groups is 1. The zero-order valence-corrected chi connectivity index (χ0v) is 12.3. The Kier molecular flexibility index (Phi) is 5.07. The molecule has 0 bridgehead atoms. The van der Waals surface area contributed by atoms with Gasteiger partial charge in [0.25, 0.3) is 5.91 Å². The van der Waals surface area contributed by atoms with Crippen LogP contribution < -0.4 is 10.6 Å². The van der Waals surface area contributed by atoms with Crippen molar-refractivity contribution in [2.24, 2.45) is 0 Å². The normalized spacial score (nSPS) is 22.8. The third-order valence-electron chi connectivity index (χ3n) is 3.58. The van der Waals surface area contributed by atoms with Gasteiger partial charge in [-0.1, -0.05) is 6.42 Å². The van der Waals surface area contributed by atoms with Crippen molar-refractivity contribution in [1.29, 1.82) is 0 Å². The fourth-order valence-corrected chi connectivity index (χ4v) is 3.37. The molecule has 1 amide bonds. The number of rotatable bonds is 4. The molecule has 1 aliphatic carbocycles. The maximum Gasteiger partial charge on any atom is 0.255 e. The summed E-state index contributed by atoms with van der Waals surface area (Å²) in [6.45, 7) is 0. The molecule has 0 aromatic carbocycles. The van der Waals surface area contributed by atoms with E-state index in [1.165, 1.54) is 12.8 Å². The Labute approximate surface area is 118 Å². The third-order valence-corrected chi connectivity index (χ3v) is 4.68. The van der Waals surface area contributed by atoms with E-state index in [2.05, 4.69) is 21.9 Å². The molecule has 0 spiro atoms. The monoisotopic (exact) mass is 279 g/mol. The predicted octanol–water partition coefficient (Wildman–Crippen LogP) is 2.53. The lowest BCUT2D eigenvalue weighted by molar-refractivity contribution is 0.0929. The standard InChI is InChI=1S/C14H21N3OS/c1-15-13-12(7-4-8-16-13)14(18)17-10-5-3-6-11(9-10)19-2/h4,7-8,10-11H,3,5-6,9H2,1-2H3,(H,15,16)(H,17,18). The zero-order valence-electron chi connectivity index (χ0n) is 11.5. The summed E-state index contributed by atoms with van der Waals surface area (Å²) in [6.07, 6.45) is 8.45. The first kappa shape index (κ1) is 14.2. The first-order valence-corrected chi connectivity index (χ1v) is 7.99. The summed E-state index contributed by atoms with van der Waals surface area (Å²) in [7, 11) is 1.78. The number of anilines is 1. The Morgan fingerprint density at radius 3 is 3.05 bits per heavy atom. The van der Waals surface area contributed by atoms with Crippen LogP contribution in [-0.4, -0.2) is 35.5 Å². The molecule has 2 atom stereocenters. The second kappa shape index (κ2) is 6.80. The van der Waals surface area contributed by atoms with Crippen LogP contribution in [0.25, 0.3) is 0 Å². The summed E-state index contributed by atoms with van der Waals surface area (Å²) in [6, 6.07) is 3.90. The van der Waals surface area contributed by atoms with E-state index in [0.717, 1.165) is 12.8 Å². The Morgan fingerprint density at radius 1 is 1.47 bits per heavy atom. The Bertz CT molecular complexity index is 438. The predicted molar refractivity (Wildman–Crippen MR) is 80.8 cm³/mol. The zero-order chi connectivity index (χ0) is 13.7. The fourth-order valence-electron chi connectivity index (χ4n) is 2.54. The number of nitrogens with one attached hydrogen (secondary N) is 2. The topological polar surface area (TPSA) is 54.0 Å². The molecule has 1 aliphatic rings. The van der Waals surface area contributed by atoms with Crippen LogP contribution >= 0.6 is 11.8 Å². The van der Waals surface area contributed by atoms with E-state index < -0.39 is 0 Å². The number of carbonyl (C=O) groups is 1. The van der Waals surface area contributed by atoms with Gasteiger partial charge in [0.2, 0.25) is 0 Å². The van der Waals surface area contributed by atoms with Gasteiger partial charge in [0.05, 0.1) is 5.56 Å². The van der Waals surface area contributed by atoms with Gasteiger partial charge in [-0.2, -0.15) is 11.8 Å². The van der Waals surface area contributed by atoms with E-state index in [0.29, 0.717) is 22.7 Å². The minimum Gasteiger partial charge on any atom is -0.372 e. The lowest BCUT2D eigenvalue weighted by Crippen LogP contribution is -2.39. The number of hydrogen-bond donors (Lipinski definition) is 2. The molecule has 0 aliphatic heterocycles. The highest BCUT2D eigenvalue weighted by atomic mass is 32.2. The van der Waals surface area contributed by atoms with Gasteiger partial charge in [-0.3, -0.25) is 4.79 Å². The minimum atomic E-state index is -0.0239. The van der Waals surface area contributed by atoms with Crippen molar-refractivity contribution in [1.82, 2.24) is 10.3 Å². The van der Waals surface area contributed by atoms with Crippen LogP contribution in [0.2, 0.25) is 0 Å². The Balaban J connectivity index is 2.00. The SMILES string of the molecule is CNc1ncccc1C(=O)NC1CCCC(SC)C1. The average molecular weight is 279 g/mol. The number of amides is 1. The van der Waals surface area contributed by atoms with Gasteiger partial charge in [0, 0.05) is 24.5 Å². The molecule has 1 fully saturated rings. The van der Waals surface area contributed by atoms with Gasteiger partial charge in [-0.25, -0.2) is 4.98 Å². The quantitative estimate of drug-likeness (QED) is 0.889. The van der Waals surface area contributed by atoms with E-state index in [1.807, 2.05) is 17.8 Å². The Morgan fingerprint density at radius 2 is 2.32 bits per heavy atom. The van der Waals surface area contributed by atoms with Crippen LogP contribution in [0.3, 0.4) is 0 Å². The lowest BCUT2D eigenvalue weighted by Gasteiger charge is -2.28. The van der Waals surface area contributed by atoms with Gasteiger partial charge in [0.15, 0.2) is 0 Å². The second-order valence-electron chi connectivity index (χ2n) is 4.84. The summed E-state index contributed by atoms with van der Waals surface area (Å²) in [5, 5.41) is 6.78. The molecular weight excluding hydrogens is 258 g/mol. The Hall–Kier alpha value is -1.23. The molecule has 5 heteroatoms. The summed E-state index contributed by atoms with van der Waals surface area (Å²) in [5.41, 5.74) is 0.622. The molecule has 0 saturated heterocycles. The summed E-state index contributed by atoms with van der Waals surface area (Å²) in [5.74, 6) is 0.612. The molecule has 1 heterocycles. The van der Waals surface area contributed by atoms with Crippen LogP contribution in [0.4, 0.5) is 5.82 Å². The van der Waals surface area contributed by atoms with Crippen LogP contribution in [0.5, 0.6) is 0 Å². The highest BCUT2D eigenvalue weighted by molar-refractivity contribution is 7.99. The molecule has 2 rings (SSSR count). The number of carbonyl (C=O) groups excluding carboxylic acids is 1. The molecule has 2 N–H and O–H groups in total. The highest BCUT2D eigenvalue weighted by Crippen LogP contribution is 2.27. The van der Waals surface area contributed by atoms with Crippen LogP contribution in [0, 0.1) is 0 Å². The van der Waals surface area contributed by atoms with Gasteiger partial charge < -0.3 is 10.6 Å². The summed E-state index contributed by atoms with van der Waals surface area (Å²) in [4.78, 5) is 16.5. The van der Waals surface area contributed by atoms with Gasteiger partial charge >= 0.3 is 0 Å². The van der Waals surface area contributed by atoms with Crippen molar-refractivity contribution in [2.75, 3.05) is 18.6 Å². The molecule has 4 nitrogen and oxygen atoms in total. The van der Waals surface area contributed by atoms with Crippen molar-refractivity contribution in [3.63, 3.8) is 0 Å². The van der Waals surface area contributed by atoms with Gasteiger partial charge in [-0.15, -0.1) is 0 Å². The number of aromatic nitrogens is 1. The first-order valence-electron chi connectivity index (χ1n) is 6.71. The van der Waals surface area contributed by atoms with E-state index in [-0.39, 0.29) is 5.91 Å². The molecule has 2 unspecified atom stereocenters. The molecule has 104 valence electrons. The van der Waals surface area contributed by atoms with Gasteiger partial charge in [-0.05, 0) is 37.7 Å². The molecular formula is C14H21N3OS. The molecule has 19 heavy (non-hydrogen) atoms. The molecule has 1 aromatic heterocycles. The number of nitrogens with zero attached hydrogens (tertiary/aromatic N) is 1. The van der Waals surface area contributed by atoms with Crippen LogP contribution in [0.15, 0.2) is 18.3 Å². The first-order chi connectivity index (χ1) is 9.24. The van der Waals surface area contributed by atoms with Crippen molar-refractivity contribution >= 4 is 23.5 Å². The minimum absolute atomic E-state index is 0.0239. The molecule has 1 saturated carbocycles. The largest absolute Gasteiger partial charge is 0.372 e. The smallest absolute Gasteiger partial charge is 0.255 e. The number of pyridine rings is 1. The van der Waals surface area contributed by atoms with Crippen LogP contribution in [0.1, 0.15) is 36.0 Å². The van der Waals surface area contributed by atoms with Crippen molar-refractivity contribution in [3.05, 3.63) is 23.9 Å². The average Bonchev–Trinajstić information content (AvgIpc) is 2.47. The maximum absolute atomic E-state index is 12.3. The van der Waals surface area contributed by atoms with E-state index in [9.17, 15) is 4.79 Å². The van der Waals surface area contributed by atoms with E-state index in [1.54, 1.807) is 19.3 Å². The summed E-state index contributed by atoms with van der Waals surface area (Å²) >= 11 is 1.90. The fraction of sp³-hybridized carbons (Fsp3) is 0.571. The van der Waals surface area contributed by atoms with E-state index >= 15 is 0 Å². The van der Waals surface area contributed by atoms with Crippen molar-refractivity contribution < 1.29 is 4.79 Å². The molecule has 0 radical (unpaired) electrons. The van der Waals surface area contributed by atoms with Crippen molar-refractivity contribution in [3.8, 4) is 0 Å². The van der Waals surface area contributed by atoms with Crippen molar-refractivity contribution in [2.45, 2.75) is 37.0 Å². The maximum atomic E-state index is 12.3. The van der Waals surface area contributed by atoms with E-state index in [4.69, 9.17) is 0 Å². The highest BCUT2D eigenvalue weighted by Gasteiger charge is 2.23. The third kappa shape index (κ3) is 3.62. The second-order valence-corrected chi connectivity index (χ2v) is 5.98. The lowest BCUT2D eigenvalue weighted by atomic mass is 9.94. The molecule has 1 aromatic rings. The van der Waals surface area contributed by atoms with Gasteiger partial charge in [0.1, 0.15) is 5.82 Å².